The second kappa shape index (κ2) is 9.34. The summed E-state index contributed by atoms with van der Waals surface area (Å²) in [6.07, 6.45) is -2.47. The van der Waals surface area contributed by atoms with Crippen molar-refractivity contribution in [2.75, 3.05) is 0 Å². The third-order valence-electron chi connectivity index (χ3n) is 7.28. The lowest BCUT2D eigenvalue weighted by Crippen LogP contribution is -2.55. The molecule has 11 heteroatoms. The van der Waals surface area contributed by atoms with Crippen molar-refractivity contribution in [1.29, 1.82) is 5.26 Å². The van der Waals surface area contributed by atoms with Gasteiger partial charge in [-0.05, 0) is 56.7 Å². The number of amides is 2. The molecule has 2 aliphatic rings. The molecule has 2 amide bonds. The van der Waals surface area contributed by atoms with Crippen LogP contribution < -0.4 is 11.5 Å². The van der Waals surface area contributed by atoms with Crippen molar-refractivity contribution < 1.29 is 27.2 Å². The van der Waals surface area contributed by atoms with E-state index in [0.29, 0.717) is 34.6 Å². The summed E-state index contributed by atoms with van der Waals surface area (Å²) in [5.41, 5.74) is 8.52. The zero-order valence-corrected chi connectivity index (χ0v) is 21.1. The molecule has 2 aromatic rings. The van der Waals surface area contributed by atoms with E-state index in [1.54, 1.807) is 12.1 Å². The molecule has 0 aliphatic heterocycles. The van der Waals surface area contributed by atoms with Crippen molar-refractivity contribution >= 4 is 11.8 Å². The van der Waals surface area contributed by atoms with Crippen LogP contribution in [0.5, 0.6) is 0 Å². The van der Waals surface area contributed by atoms with Gasteiger partial charge in [0.25, 0.3) is 0 Å². The Hall–Kier alpha value is -3.52. The number of rotatable bonds is 9. The highest BCUT2D eigenvalue weighted by Crippen LogP contribution is 2.51. The van der Waals surface area contributed by atoms with Gasteiger partial charge in [0, 0.05) is 18.2 Å². The molecule has 1 aromatic heterocycles. The second-order valence-corrected chi connectivity index (χ2v) is 10.8. The zero-order valence-electron chi connectivity index (χ0n) is 21.1. The molecule has 2 aliphatic carbocycles. The van der Waals surface area contributed by atoms with Crippen LogP contribution in [0, 0.1) is 11.3 Å². The molecule has 0 saturated heterocycles. The van der Waals surface area contributed by atoms with Crippen LogP contribution in [0.15, 0.2) is 42.6 Å². The van der Waals surface area contributed by atoms with Gasteiger partial charge in [0.2, 0.25) is 11.8 Å². The van der Waals surface area contributed by atoms with Crippen molar-refractivity contribution in [3.63, 3.8) is 0 Å². The third kappa shape index (κ3) is 5.23. The molecule has 0 bridgehead atoms. The lowest BCUT2D eigenvalue weighted by molar-refractivity contribution is -0.198. The summed E-state index contributed by atoms with van der Waals surface area (Å²) in [7, 11) is 0. The standard InChI is InChI=1S/C27H29F4N5O2/c1-24(2,28)13-19(33)22(37)36(25(15-32)9-10-25)21(27(29,30)31)17-5-3-16(4-6-17)20-8-7-18(14-35-20)26(11-12-26)23(34)38/h3-8,14,19,21H,9-13,33H2,1-2H3,(H2,34,38)/t19-,21-/m0/s1. The minimum absolute atomic E-state index is 0.0642. The first kappa shape index (κ1) is 27.5. The lowest BCUT2D eigenvalue weighted by Gasteiger charge is -2.38. The lowest BCUT2D eigenvalue weighted by atomic mass is 9.95. The van der Waals surface area contributed by atoms with Crippen LogP contribution in [0.4, 0.5) is 17.6 Å². The van der Waals surface area contributed by atoms with Crippen molar-refractivity contribution in [1.82, 2.24) is 9.88 Å². The topological polar surface area (TPSA) is 126 Å². The Bertz CT molecular complexity index is 1250. The first-order valence-electron chi connectivity index (χ1n) is 12.3. The molecule has 0 unspecified atom stereocenters. The van der Waals surface area contributed by atoms with Crippen LogP contribution in [0.3, 0.4) is 0 Å². The van der Waals surface area contributed by atoms with Crippen LogP contribution >= 0.6 is 0 Å². The molecule has 4 rings (SSSR count). The number of pyridine rings is 1. The number of hydrogen-bond acceptors (Lipinski definition) is 5. The summed E-state index contributed by atoms with van der Waals surface area (Å²) in [6, 6.07) is 6.59. The van der Waals surface area contributed by atoms with Gasteiger partial charge in [-0.25, -0.2) is 4.39 Å². The first-order valence-corrected chi connectivity index (χ1v) is 12.3. The fraction of sp³-hybridized carbons (Fsp3) is 0.481. The minimum Gasteiger partial charge on any atom is -0.369 e. The van der Waals surface area contributed by atoms with E-state index in [2.05, 4.69) is 4.98 Å². The van der Waals surface area contributed by atoms with Gasteiger partial charge in [-0.1, -0.05) is 30.3 Å². The van der Waals surface area contributed by atoms with Crippen molar-refractivity contribution in [3.8, 4) is 17.3 Å². The quantitative estimate of drug-likeness (QED) is 0.469. The number of carbonyl (C=O) groups excluding carboxylic acids is 2. The van der Waals surface area contributed by atoms with Crippen molar-refractivity contribution in [2.24, 2.45) is 11.5 Å². The first-order chi connectivity index (χ1) is 17.6. The van der Waals surface area contributed by atoms with Gasteiger partial charge in [0.05, 0.1) is 23.2 Å². The predicted molar refractivity (Wildman–Crippen MR) is 131 cm³/mol. The SMILES string of the molecule is CC(C)(F)C[C@H](N)C(=O)N([C@@H](c1ccc(-c2ccc(C3(C(N)=O)CC3)cn2)cc1)C(F)(F)F)C1(C#N)CC1. The highest BCUT2D eigenvalue weighted by atomic mass is 19.4. The predicted octanol–water partition coefficient (Wildman–Crippen LogP) is 4.22. The number of halogens is 4. The number of alkyl halides is 4. The summed E-state index contributed by atoms with van der Waals surface area (Å²) in [4.78, 5) is 29.8. The number of nitriles is 1. The van der Waals surface area contributed by atoms with Gasteiger partial charge < -0.3 is 16.4 Å². The number of nitrogens with zero attached hydrogens (tertiary/aromatic N) is 3. The average Bonchev–Trinajstić information content (AvgIpc) is 3.75. The molecule has 1 aromatic carbocycles. The molecule has 38 heavy (non-hydrogen) atoms. The Kier molecular flexibility index (Phi) is 6.77. The third-order valence-corrected chi connectivity index (χ3v) is 7.28. The molecule has 4 N–H and O–H groups in total. The van der Waals surface area contributed by atoms with Gasteiger partial charge in [0.1, 0.15) is 11.2 Å². The smallest absolute Gasteiger partial charge is 0.369 e. The van der Waals surface area contributed by atoms with Gasteiger partial charge >= 0.3 is 6.18 Å². The Labute approximate surface area is 217 Å². The normalized spacial score (nSPS) is 19.1. The summed E-state index contributed by atoms with van der Waals surface area (Å²) in [6.45, 7) is 2.36. The number of primary amides is 1. The van der Waals surface area contributed by atoms with Crippen molar-refractivity contribution in [3.05, 3.63) is 53.7 Å². The van der Waals surface area contributed by atoms with Crippen molar-refractivity contribution in [2.45, 2.75) is 80.8 Å². The second-order valence-electron chi connectivity index (χ2n) is 10.8. The highest BCUT2D eigenvalue weighted by molar-refractivity contribution is 5.89. The van der Waals surface area contributed by atoms with Gasteiger partial charge in [-0.3, -0.25) is 14.6 Å². The average molecular weight is 532 g/mol. The summed E-state index contributed by atoms with van der Waals surface area (Å²) >= 11 is 0. The number of carbonyl (C=O) groups is 2. The molecule has 2 atom stereocenters. The van der Waals surface area contributed by atoms with E-state index < -0.39 is 53.1 Å². The number of benzene rings is 1. The Morgan fingerprint density at radius 3 is 2.08 bits per heavy atom. The molecule has 2 saturated carbocycles. The van der Waals surface area contributed by atoms with Crippen LogP contribution in [0.25, 0.3) is 11.3 Å². The van der Waals surface area contributed by atoms with E-state index in [-0.39, 0.29) is 18.4 Å². The van der Waals surface area contributed by atoms with E-state index in [9.17, 15) is 32.4 Å². The van der Waals surface area contributed by atoms with E-state index >= 15 is 0 Å². The van der Waals surface area contributed by atoms with Crippen LogP contribution in [0.2, 0.25) is 0 Å². The van der Waals surface area contributed by atoms with E-state index in [1.807, 2.05) is 6.07 Å². The Morgan fingerprint density at radius 1 is 1.08 bits per heavy atom. The Balaban J connectivity index is 1.66. The van der Waals surface area contributed by atoms with Gasteiger partial charge in [-0.2, -0.15) is 18.4 Å². The molecule has 0 spiro atoms. The van der Waals surface area contributed by atoms with Crippen LogP contribution in [-0.4, -0.2) is 45.1 Å². The summed E-state index contributed by atoms with van der Waals surface area (Å²) < 4.78 is 57.7. The molecule has 7 nitrogen and oxygen atoms in total. The van der Waals surface area contributed by atoms with Crippen LogP contribution in [0.1, 0.15) is 63.1 Å². The maximum atomic E-state index is 14.5. The monoisotopic (exact) mass is 531 g/mol. The summed E-state index contributed by atoms with van der Waals surface area (Å²) in [5.74, 6) is -1.55. The van der Waals surface area contributed by atoms with E-state index in [0.717, 1.165) is 0 Å². The zero-order chi connectivity index (χ0) is 28.1. The van der Waals surface area contributed by atoms with E-state index in [4.69, 9.17) is 11.5 Å². The molecule has 0 radical (unpaired) electrons. The number of aromatic nitrogens is 1. The Morgan fingerprint density at radius 2 is 1.68 bits per heavy atom. The van der Waals surface area contributed by atoms with Crippen LogP contribution in [-0.2, 0) is 15.0 Å². The maximum Gasteiger partial charge on any atom is 0.413 e. The molecular weight excluding hydrogens is 502 g/mol. The number of hydrogen-bond donors (Lipinski definition) is 2. The number of nitrogens with two attached hydrogens (primary N) is 2. The minimum atomic E-state index is -4.93. The summed E-state index contributed by atoms with van der Waals surface area (Å²) in [5, 5.41) is 9.70. The van der Waals surface area contributed by atoms with Gasteiger partial charge in [0.15, 0.2) is 6.04 Å². The molecule has 2 fully saturated rings. The van der Waals surface area contributed by atoms with E-state index in [1.165, 1.54) is 44.3 Å². The molecule has 1 heterocycles. The fourth-order valence-electron chi connectivity index (χ4n) is 4.87. The largest absolute Gasteiger partial charge is 0.413 e. The highest BCUT2D eigenvalue weighted by Gasteiger charge is 2.60. The maximum absolute atomic E-state index is 14.5. The molecule has 202 valence electrons. The fourth-order valence-corrected chi connectivity index (χ4v) is 4.87. The van der Waals surface area contributed by atoms with Gasteiger partial charge in [-0.15, -0.1) is 0 Å². The molecular formula is C27H29F4N5O2.